The van der Waals surface area contributed by atoms with Crippen molar-refractivity contribution in [2.75, 3.05) is 54.0 Å². The summed E-state index contributed by atoms with van der Waals surface area (Å²) in [6.45, 7) is 9.84. The number of hydrogen-bond acceptors (Lipinski definition) is 8. The molecule has 0 amide bonds. The van der Waals surface area contributed by atoms with E-state index in [-0.39, 0.29) is 6.29 Å². The molecule has 2 N–H and O–H groups in total. The van der Waals surface area contributed by atoms with Crippen LogP contribution in [0.2, 0.25) is 0 Å². The summed E-state index contributed by atoms with van der Waals surface area (Å²) in [6.07, 6.45) is 4.47. The number of rotatable bonds is 10. The van der Waals surface area contributed by atoms with Gasteiger partial charge < -0.3 is 29.4 Å². The van der Waals surface area contributed by atoms with Crippen LogP contribution in [0.25, 0.3) is 11.0 Å². The number of hydrogen-bond donors (Lipinski definition) is 1. The average molecular weight is 541 g/mol. The molecule has 3 heterocycles. The fourth-order valence-electron chi connectivity index (χ4n) is 5.13. The summed E-state index contributed by atoms with van der Waals surface area (Å²) in [5.74, 6) is 1.58. The van der Waals surface area contributed by atoms with Crippen LogP contribution >= 0.6 is 0 Å². The highest BCUT2D eigenvalue weighted by atomic mass is 16.7. The van der Waals surface area contributed by atoms with Gasteiger partial charge in [-0.1, -0.05) is 49.3 Å². The normalized spacial score (nSPS) is 16.6. The number of nitrogens with two attached hydrogens (primary N) is 1. The highest BCUT2D eigenvalue weighted by Crippen LogP contribution is 2.33. The van der Waals surface area contributed by atoms with Gasteiger partial charge in [0.2, 0.25) is 0 Å². The standard InChI is InChI=1S/C28H37N3O4.C2H6.CH5N/c1-30(2)18-24-26(34-20-22-6-4-3-5-7-22)11-9-23-25(29-35-28(23)24)10-8-21-12-14-31(15-13-21)19-27-32-16-17-33-27;2*1-2/h3-7,9,11,21,27H,8,10,12-20H2,1-2H3;1-2H3;2H2,1H3. The van der Waals surface area contributed by atoms with Crippen molar-refractivity contribution in [3.8, 4) is 5.75 Å². The van der Waals surface area contributed by atoms with E-state index in [1.165, 1.54) is 19.9 Å². The molecule has 3 aromatic rings. The van der Waals surface area contributed by atoms with Gasteiger partial charge in [-0.2, -0.15) is 0 Å². The zero-order valence-corrected chi connectivity index (χ0v) is 24.5. The monoisotopic (exact) mass is 540 g/mol. The molecule has 2 aliphatic rings. The lowest BCUT2D eigenvalue weighted by Gasteiger charge is -2.32. The molecule has 39 heavy (non-hydrogen) atoms. The molecule has 2 fully saturated rings. The van der Waals surface area contributed by atoms with Crippen molar-refractivity contribution in [2.45, 2.75) is 59.0 Å². The molecule has 5 rings (SSSR count). The topological polar surface area (TPSA) is 86.2 Å². The van der Waals surface area contributed by atoms with E-state index in [1.807, 2.05) is 32.0 Å². The van der Waals surface area contributed by atoms with Crippen LogP contribution < -0.4 is 10.5 Å². The van der Waals surface area contributed by atoms with E-state index in [0.29, 0.717) is 6.61 Å². The van der Waals surface area contributed by atoms with Crippen molar-refractivity contribution < 1.29 is 18.7 Å². The summed E-state index contributed by atoms with van der Waals surface area (Å²) < 4.78 is 23.3. The predicted octanol–water partition coefficient (Wildman–Crippen LogP) is 5.09. The van der Waals surface area contributed by atoms with Crippen molar-refractivity contribution in [2.24, 2.45) is 11.7 Å². The number of aromatic nitrogens is 1. The highest BCUT2D eigenvalue weighted by Gasteiger charge is 2.25. The van der Waals surface area contributed by atoms with Crippen molar-refractivity contribution in [1.82, 2.24) is 15.0 Å². The predicted molar refractivity (Wildman–Crippen MR) is 157 cm³/mol. The summed E-state index contributed by atoms with van der Waals surface area (Å²) in [7, 11) is 5.63. The quantitative estimate of drug-likeness (QED) is 0.381. The van der Waals surface area contributed by atoms with E-state index >= 15 is 0 Å². The molecule has 8 heteroatoms. The molecule has 0 bridgehead atoms. The van der Waals surface area contributed by atoms with Gasteiger partial charge in [-0.15, -0.1) is 0 Å². The van der Waals surface area contributed by atoms with Crippen LogP contribution in [0.15, 0.2) is 47.0 Å². The molecule has 0 atom stereocenters. The first-order valence-electron chi connectivity index (χ1n) is 14.4. The molecular weight excluding hydrogens is 492 g/mol. The Balaban J connectivity index is 0.00000100. The van der Waals surface area contributed by atoms with Crippen molar-refractivity contribution in [3.63, 3.8) is 0 Å². The summed E-state index contributed by atoms with van der Waals surface area (Å²) in [6, 6.07) is 14.4. The van der Waals surface area contributed by atoms with Crippen LogP contribution in [0, 0.1) is 5.92 Å². The van der Waals surface area contributed by atoms with Crippen molar-refractivity contribution in [1.29, 1.82) is 0 Å². The molecular formula is C31H48N4O4. The number of nitrogens with zero attached hydrogens (tertiary/aromatic N) is 3. The zero-order chi connectivity index (χ0) is 28.0. The van der Waals surface area contributed by atoms with E-state index in [1.54, 1.807) is 0 Å². The molecule has 2 aromatic carbocycles. The second kappa shape index (κ2) is 16.6. The number of aryl methyl sites for hydroxylation is 1. The molecule has 0 radical (unpaired) electrons. The molecule has 1 aromatic heterocycles. The molecule has 2 aliphatic heterocycles. The Morgan fingerprint density at radius 1 is 1.00 bits per heavy atom. The lowest BCUT2D eigenvalue weighted by Crippen LogP contribution is -2.39. The van der Waals surface area contributed by atoms with Gasteiger partial charge in [0.15, 0.2) is 11.9 Å². The second-order valence-electron chi connectivity index (χ2n) is 10.0. The lowest BCUT2D eigenvalue weighted by atomic mass is 9.91. The molecule has 0 spiro atoms. The minimum atomic E-state index is -0.0361. The Labute approximate surface area is 234 Å². The molecule has 0 aliphatic carbocycles. The maximum Gasteiger partial charge on any atom is 0.175 e. The number of likely N-dealkylation sites (tertiary alicyclic amines) is 1. The van der Waals surface area contributed by atoms with Crippen LogP contribution in [-0.2, 0) is 29.0 Å². The smallest absolute Gasteiger partial charge is 0.175 e. The van der Waals surface area contributed by atoms with Gasteiger partial charge in [-0.05, 0) is 83.5 Å². The molecule has 8 nitrogen and oxygen atoms in total. The number of piperidine rings is 1. The van der Waals surface area contributed by atoms with Gasteiger partial charge in [-0.3, -0.25) is 4.90 Å². The van der Waals surface area contributed by atoms with Gasteiger partial charge in [0.05, 0.1) is 24.5 Å². The maximum atomic E-state index is 6.22. The molecule has 0 saturated carbocycles. The Hall–Kier alpha value is -2.49. The number of ether oxygens (including phenoxy) is 3. The summed E-state index contributed by atoms with van der Waals surface area (Å²) >= 11 is 0. The van der Waals surface area contributed by atoms with Gasteiger partial charge in [-0.25, -0.2) is 0 Å². The van der Waals surface area contributed by atoms with E-state index < -0.39 is 0 Å². The van der Waals surface area contributed by atoms with Crippen LogP contribution in [-0.4, -0.2) is 75.2 Å². The first-order chi connectivity index (χ1) is 19.2. The molecule has 0 unspecified atom stereocenters. The van der Waals surface area contributed by atoms with Gasteiger partial charge in [0.1, 0.15) is 12.4 Å². The van der Waals surface area contributed by atoms with Gasteiger partial charge in [0.25, 0.3) is 0 Å². The minimum absolute atomic E-state index is 0.0361. The van der Waals surface area contributed by atoms with Gasteiger partial charge in [0, 0.05) is 18.5 Å². The van der Waals surface area contributed by atoms with Crippen LogP contribution in [0.5, 0.6) is 5.75 Å². The second-order valence-corrected chi connectivity index (χ2v) is 10.0. The maximum absolute atomic E-state index is 6.22. The minimum Gasteiger partial charge on any atom is -0.488 e. The third-order valence-corrected chi connectivity index (χ3v) is 7.08. The van der Waals surface area contributed by atoms with Crippen LogP contribution in [0.3, 0.4) is 0 Å². The Morgan fingerprint density at radius 3 is 2.36 bits per heavy atom. The largest absolute Gasteiger partial charge is 0.488 e. The average Bonchev–Trinajstić information content (AvgIpc) is 3.65. The fraction of sp³-hybridized carbons (Fsp3) is 0.581. The number of fused-ring (bicyclic) bond motifs is 1. The summed E-state index contributed by atoms with van der Waals surface area (Å²) in [5, 5.41) is 5.61. The first-order valence-corrected chi connectivity index (χ1v) is 14.4. The van der Waals surface area contributed by atoms with E-state index in [9.17, 15) is 0 Å². The fourth-order valence-corrected chi connectivity index (χ4v) is 5.13. The number of benzene rings is 2. The van der Waals surface area contributed by atoms with E-state index in [4.69, 9.17) is 18.7 Å². The third kappa shape index (κ3) is 9.01. The van der Waals surface area contributed by atoms with Crippen molar-refractivity contribution >= 4 is 11.0 Å². The van der Waals surface area contributed by atoms with Crippen molar-refractivity contribution in [3.05, 3.63) is 59.3 Å². The Morgan fingerprint density at radius 2 is 1.69 bits per heavy atom. The van der Waals surface area contributed by atoms with Crippen LogP contribution in [0.1, 0.15) is 49.9 Å². The summed E-state index contributed by atoms with van der Waals surface area (Å²) in [5.41, 5.74) is 8.62. The molecule has 216 valence electrons. The van der Waals surface area contributed by atoms with E-state index in [0.717, 1.165) is 91.7 Å². The first kappa shape index (κ1) is 31.0. The van der Waals surface area contributed by atoms with E-state index in [2.05, 4.69) is 59.1 Å². The third-order valence-electron chi connectivity index (χ3n) is 7.08. The van der Waals surface area contributed by atoms with Gasteiger partial charge >= 0.3 is 0 Å². The van der Waals surface area contributed by atoms with Crippen LogP contribution in [0.4, 0.5) is 0 Å². The highest BCUT2D eigenvalue weighted by molar-refractivity contribution is 5.84. The Bertz CT molecular complexity index is 1070. The SMILES string of the molecule is CC.CN.CN(C)Cc1c(OCc2ccccc2)ccc2c(CCC3CCN(CC4OCCO4)CC3)noc12. The zero-order valence-electron chi connectivity index (χ0n) is 24.5. The lowest BCUT2D eigenvalue weighted by molar-refractivity contribution is -0.0661. The molecule has 2 saturated heterocycles. The Kier molecular flexibility index (Phi) is 13.2. The summed E-state index contributed by atoms with van der Waals surface area (Å²) in [4.78, 5) is 4.62.